The van der Waals surface area contributed by atoms with Crippen LogP contribution >= 0.6 is 23.1 Å². The maximum Gasteiger partial charge on any atom is 0.260 e. The molecule has 0 bridgehead atoms. The van der Waals surface area contributed by atoms with Gasteiger partial charge in [-0.2, -0.15) is 0 Å². The van der Waals surface area contributed by atoms with Crippen molar-refractivity contribution < 1.29 is 4.79 Å². The van der Waals surface area contributed by atoms with Crippen molar-refractivity contribution in [2.24, 2.45) is 5.92 Å². The standard InChI is InChI=1S/C22H27N3O2S2/c1-5-13(2)11-17-15(4)29-21-19(17)20(27)24-22(25-21)28-12-18(26)23-14(3)16-9-7-6-8-10-16/h6-10,13-14H,5,11-12H2,1-4H3,(H,23,26)(H,24,25,27). The molecule has 0 saturated carbocycles. The Hall–Kier alpha value is -2.12. The number of aryl methyl sites for hydroxylation is 1. The number of H-pyrrole nitrogens is 1. The lowest BCUT2D eigenvalue weighted by Crippen LogP contribution is -2.28. The number of hydrogen-bond acceptors (Lipinski definition) is 5. The number of carbonyl (C=O) groups excluding carboxylic acids is 1. The summed E-state index contributed by atoms with van der Waals surface area (Å²) in [6.45, 7) is 8.37. The van der Waals surface area contributed by atoms with Gasteiger partial charge < -0.3 is 10.3 Å². The highest BCUT2D eigenvalue weighted by atomic mass is 32.2. The van der Waals surface area contributed by atoms with Gasteiger partial charge in [-0.25, -0.2) is 4.98 Å². The van der Waals surface area contributed by atoms with Crippen molar-refractivity contribution in [2.45, 2.75) is 51.7 Å². The molecule has 1 amide bonds. The van der Waals surface area contributed by atoms with Crippen molar-refractivity contribution in [1.82, 2.24) is 15.3 Å². The lowest BCUT2D eigenvalue weighted by atomic mass is 9.98. The van der Waals surface area contributed by atoms with E-state index in [2.05, 4.69) is 36.1 Å². The molecule has 2 aromatic heterocycles. The maximum atomic E-state index is 12.7. The van der Waals surface area contributed by atoms with Crippen molar-refractivity contribution in [2.75, 3.05) is 5.75 Å². The summed E-state index contributed by atoms with van der Waals surface area (Å²) in [6, 6.07) is 9.76. The summed E-state index contributed by atoms with van der Waals surface area (Å²) in [5.74, 6) is 0.638. The van der Waals surface area contributed by atoms with Crippen LogP contribution in [-0.2, 0) is 11.2 Å². The van der Waals surface area contributed by atoms with Crippen molar-refractivity contribution in [3.63, 3.8) is 0 Å². The highest BCUT2D eigenvalue weighted by Crippen LogP contribution is 2.30. The molecule has 154 valence electrons. The topological polar surface area (TPSA) is 74.8 Å². The van der Waals surface area contributed by atoms with Gasteiger partial charge in [0, 0.05) is 4.88 Å². The zero-order chi connectivity index (χ0) is 21.0. The van der Waals surface area contributed by atoms with E-state index in [1.165, 1.54) is 11.8 Å². The highest BCUT2D eigenvalue weighted by Gasteiger charge is 2.17. The molecule has 2 heterocycles. The van der Waals surface area contributed by atoms with Crippen molar-refractivity contribution >= 4 is 39.2 Å². The molecular weight excluding hydrogens is 402 g/mol. The number of nitrogens with zero attached hydrogens (tertiary/aromatic N) is 1. The Kier molecular flexibility index (Phi) is 7.14. The van der Waals surface area contributed by atoms with Crippen LogP contribution in [0.25, 0.3) is 10.2 Å². The van der Waals surface area contributed by atoms with E-state index in [0.29, 0.717) is 16.5 Å². The van der Waals surface area contributed by atoms with Gasteiger partial charge in [-0.05, 0) is 37.3 Å². The average molecular weight is 430 g/mol. The van der Waals surface area contributed by atoms with Crippen LogP contribution in [0.2, 0.25) is 0 Å². The summed E-state index contributed by atoms with van der Waals surface area (Å²) in [5, 5.41) is 4.18. The first-order chi connectivity index (χ1) is 13.9. The quantitative estimate of drug-likeness (QED) is 0.396. The number of thioether (sulfide) groups is 1. The van der Waals surface area contributed by atoms with Crippen LogP contribution in [0.3, 0.4) is 0 Å². The van der Waals surface area contributed by atoms with Crippen LogP contribution in [0, 0.1) is 12.8 Å². The number of aromatic amines is 1. The molecule has 3 rings (SSSR count). The maximum absolute atomic E-state index is 12.7. The van der Waals surface area contributed by atoms with Gasteiger partial charge in [0.1, 0.15) is 4.83 Å². The number of hydrogen-bond donors (Lipinski definition) is 2. The van der Waals surface area contributed by atoms with E-state index < -0.39 is 0 Å². The number of fused-ring (bicyclic) bond motifs is 1. The van der Waals surface area contributed by atoms with Crippen LogP contribution in [-0.4, -0.2) is 21.6 Å². The molecule has 0 aliphatic carbocycles. The third-order valence-electron chi connectivity index (χ3n) is 5.11. The molecule has 0 aliphatic rings. The lowest BCUT2D eigenvalue weighted by molar-refractivity contribution is -0.119. The van der Waals surface area contributed by atoms with Crippen LogP contribution in [0.4, 0.5) is 0 Å². The Labute approximate surface area is 179 Å². The van der Waals surface area contributed by atoms with Crippen LogP contribution < -0.4 is 10.9 Å². The number of amides is 1. The molecule has 7 heteroatoms. The minimum absolute atomic E-state index is 0.0677. The summed E-state index contributed by atoms with van der Waals surface area (Å²) in [4.78, 5) is 34.4. The second-order valence-corrected chi connectivity index (χ2v) is 9.56. The summed E-state index contributed by atoms with van der Waals surface area (Å²) in [7, 11) is 0. The van der Waals surface area contributed by atoms with E-state index in [1.807, 2.05) is 37.3 Å². The minimum atomic E-state index is -0.113. The molecule has 2 unspecified atom stereocenters. The van der Waals surface area contributed by atoms with Crippen LogP contribution in [0.1, 0.15) is 49.2 Å². The Bertz CT molecular complexity index is 1040. The van der Waals surface area contributed by atoms with Crippen molar-refractivity contribution in [3.05, 3.63) is 56.7 Å². The van der Waals surface area contributed by atoms with E-state index in [0.717, 1.165) is 33.7 Å². The first kappa shape index (κ1) is 21.6. The molecule has 0 aliphatic heterocycles. The Morgan fingerprint density at radius 1 is 1.28 bits per heavy atom. The average Bonchev–Trinajstić information content (AvgIpc) is 3.02. The van der Waals surface area contributed by atoms with E-state index in [1.54, 1.807) is 11.3 Å². The first-order valence-corrected chi connectivity index (χ1v) is 11.7. The Morgan fingerprint density at radius 3 is 2.69 bits per heavy atom. The number of aromatic nitrogens is 2. The molecule has 2 N–H and O–H groups in total. The number of rotatable bonds is 8. The van der Waals surface area contributed by atoms with E-state index >= 15 is 0 Å². The van der Waals surface area contributed by atoms with Crippen LogP contribution in [0.5, 0.6) is 0 Å². The molecule has 0 radical (unpaired) electrons. The SMILES string of the molecule is CCC(C)Cc1c(C)sc2nc(SCC(=O)NC(C)c3ccccc3)[nH]c(=O)c12. The van der Waals surface area contributed by atoms with Gasteiger partial charge in [-0.15, -0.1) is 11.3 Å². The summed E-state index contributed by atoms with van der Waals surface area (Å²) in [5.41, 5.74) is 2.05. The van der Waals surface area contributed by atoms with Gasteiger partial charge in [0.05, 0.1) is 17.2 Å². The smallest absolute Gasteiger partial charge is 0.260 e. The molecule has 2 atom stereocenters. The third kappa shape index (κ3) is 5.28. The van der Waals surface area contributed by atoms with Crippen molar-refractivity contribution in [3.8, 4) is 0 Å². The highest BCUT2D eigenvalue weighted by molar-refractivity contribution is 7.99. The van der Waals surface area contributed by atoms with Gasteiger partial charge in [0.2, 0.25) is 5.91 Å². The largest absolute Gasteiger partial charge is 0.349 e. The fraction of sp³-hybridized carbons (Fsp3) is 0.409. The number of carbonyl (C=O) groups is 1. The molecule has 0 fully saturated rings. The molecule has 3 aromatic rings. The summed E-state index contributed by atoms with van der Waals surface area (Å²) in [6.07, 6.45) is 1.96. The predicted octanol–water partition coefficient (Wildman–Crippen LogP) is 4.85. The zero-order valence-corrected chi connectivity index (χ0v) is 18.9. The Morgan fingerprint density at radius 2 is 2.00 bits per heavy atom. The third-order valence-corrected chi connectivity index (χ3v) is 7.02. The lowest BCUT2D eigenvalue weighted by Gasteiger charge is -2.13. The number of benzene rings is 1. The molecule has 5 nitrogen and oxygen atoms in total. The monoisotopic (exact) mass is 429 g/mol. The Balaban J connectivity index is 1.69. The van der Waals surface area contributed by atoms with Crippen LogP contribution in [0.15, 0.2) is 40.3 Å². The normalized spacial score (nSPS) is 13.4. The van der Waals surface area contributed by atoms with E-state index in [9.17, 15) is 9.59 Å². The van der Waals surface area contributed by atoms with Gasteiger partial charge >= 0.3 is 0 Å². The minimum Gasteiger partial charge on any atom is -0.349 e. The van der Waals surface area contributed by atoms with E-state index in [4.69, 9.17) is 0 Å². The predicted molar refractivity (Wildman–Crippen MR) is 122 cm³/mol. The van der Waals surface area contributed by atoms with Gasteiger partial charge in [0.25, 0.3) is 5.56 Å². The molecule has 1 aromatic carbocycles. The molecule has 29 heavy (non-hydrogen) atoms. The number of thiophene rings is 1. The zero-order valence-electron chi connectivity index (χ0n) is 17.2. The van der Waals surface area contributed by atoms with Gasteiger partial charge in [-0.3, -0.25) is 9.59 Å². The first-order valence-electron chi connectivity index (χ1n) is 9.88. The molecule has 0 saturated heterocycles. The van der Waals surface area contributed by atoms with E-state index in [-0.39, 0.29) is 23.3 Å². The summed E-state index contributed by atoms with van der Waals surface area (Å²) >= 11 is 2.81. The van der Waals surface area contributed by atoms with Gasteiger partial charge in [0.15, 0.2) is 5.16 Å². The fourth-order valence-electron chi connectivity index (χ4n) is 3.20. The fourth-order valence-corrected chi connectivity index (χ4v) is 4.99. The number of nitrogens with one attached hydrogen (secondary N) is 2. The molecule has 0 spiro atoms. The summed E-state index contributed by atoms with van der Waals surface area (Å²) < 4.78 is 0. The van der Waals surface area contributed by atoms with Crippen molar-refractivity contribution in [1.29, 1.82) is 0 Å². The molecular formula is C22H27N3O2S2. The second-order valence-electron chi connectivity index (χ2n) is 7.39. The van der Waals surface area contributed by atoms with Gasteiger partial charge in [-0.1, -0.05) is 62.4 Å². The second kappa shape index (κ2) is 9.59.